The van der Waals surface area contributed by atoms with E-state index in [0.717, 1.165) is 21.4 Å². The number of carbonyl (C=O) groups is 2. The Bertz CT molecular complexity index is 597. The molecule has 0 saturated heterocycles. The summed E-state index contributed by atoms with van der Waals surface area (Å²) in [5, 5.41) is 0.831. The summed E-state index contributed by atoms with van der Waals surface area (Å²) in [6, 6.07) is 5.75. The minimum Gasteiger partial charge on any atom is -0.497 e. The third kappa shape index (κ3) is 3.78. The highest BCUT2D eigenvalue weighted by Crippen LogP contribution is 2.47. The zero-order valence-corrected chi connectivity index (χ0v) is 13.0. The number of thioether (sulfide) groups is 1. The van der Waals surface area contributed by atoms with Gasteiger partial charge in [-0.1, -0.05) is 11.8 Å². The van der Waals surface area contributed by atoms with Gasteiger partial charge in [0.1, 0.15) is 12.4 Å². The average molecular weight is 307 g/mol. The van der Waals surface area contributed by atoms with Crippen LogP contribution >= 0.6 is 11.8 Å². The van der Waals surface area contributed by atoms with Crippen LogP contribution in [0, 0.1) is 0 Å². The van der Waals surface area contributed by atoms with Crippen molar-refractivity contribution in [1.82, 2.24) is 0 Å². The first kappa shape index (κ1) is 15.4. The normalized spacial score (nSPS) is 15.0. The fourth-order valence-corrected chi connectivity index (χ4v) is 3.16. The number of anilines is 1. The number of hydrogen-bond acceptors (Lipinski definition) is 6. The lowest BCUT2D eigenvalue weighted by Crippen LogP contribution is -2.24. The van der Waals surface area contributed by atoms with Gasteiger partial charge in [0, 0.05) is 24.0 Å². The highest BCUT2D eigenvalue weighted by molar-refractivity contribution is 8.03. The molecule has 21 heavy (non-hydrogen) atoms. The van der Waals surface area contributed by atoms with Gasteiger partial charge in [0.05, 0.1) is 24.4 Å². The van der Waals surface area contributed by atoms with Crippen molar-refractivity contribution in [3.8, 4) is 5.75 Å². The summed E-state index contributed by atoms with van der Waals surface area (Å²) in [6.07, 6.45) is 1.59. The maximum Gasteiger partial charge on any atom is 0.302 e. The van der Waals surface area contributed by atoms with Crippen molar-refractivity contribution in [2.45, 2.75) is 18.7 Å². The van der Waals surface area contributed by atoms with E-state index in [-0.39, 0.29) is 18.4 Å². The van der Waals surface area contributed by atoms with Gasteiger partial charge in [0.25, 0.3) is 0 Å². The maximum absolute atomic E-state index is 11.4. The predicted molar refractivity (Wildman–Crippen MR) is 81.6 cm³/mol. The lowest BCUT2D eigenvalue weighted by atomic mass is 10.2. The van der Waals surface area contributed by atoms with Crippen LogP contribution in [0.2, 0.25) is 0 Å². The van der Waals surface area contributed by atoms with E-state index >= 15 is 0 Å². The zero-order valence-electron chi connectivity index (χ0n) is 12.2. The Morgan fingerprint density at radius 2 is 2.10 bits per heavy atom. The van der Waals surface area contributed by atoms with Gasteiger partial charge >= 0.3 is 5.97 Å². The molecule has 0 saturated carbocycles. The molecule has 0 bridgehead atoms. The third-order valence-electron chi connectivity index (χ3n) is 2.88. The Balaban J connectivity index is 2.26. The van der Waals surface area contributed by atoms with Crippen molar-refractivity contribution < 1.29 is 19.1 Å². The fraction of sp³-hybridized carbons (Fsp3) is 0.333. The summed E-state index contributed by atoms with van der Waals surface area (Å²) in [5.74, 6) is 0.412. The number of rotatable bonds is 5. The molecule has 1 aliphatic heterocycles. The Morgan fingerprint density at radius 1 is 1.33 bits per heavy atom. The lowest BCUT2D eigenvalue weighted by molar-refractivity contribution is -0.140. The molecule has 0 atom stereocenters. The van der Waals surface area contributed by atoms with Gasteiger partial charge in [-0.05, 0) is 19.1 Å². The van der Waals surface area contributed by atoms with E-state index in [2.05, 4.69) is 0 Å². The highest BCUT2D eigenvalue weighted by atomic mass is 32.2. The molecule has 0 aromatic heterocycles. The van der Waals surface area contributed by atoms with E-state index in [0.29, 0.717) is 6.54 Å². The molecular formula is C15H17NO4S. The number of carbonyl (C=O) groups excluding carboxylic acids is 2. The second-order valence-corrected chi connectivity index (χ2v) is 5.58. The molecule has 0 aliphatic carbocycles. The van der Waals surface area contributed by atoms with Gasteiger partial charge in [0.2, 0.25) is 0 Å². The van der Waals surface area contributed by atoms with E-state index in [1.807, 2.05) is 23.1 Å². The first-order valence-corrected chi connectivity index (χ1v) is 7.32. The van der Waals surface area contributed by atoms with E-state index in [1.165, 1.54) is 25.6 Å². The van der Waals surface area contributed by atoms with Crippen molar-refractivity contribution in [3.05, 3.63) is 29.3 Å². The van der Waals surface area contributed by atoms with Crippen LogP contribution < -0.4 is 9.64 Å². The molecule has 5 nitrogen and oxygen atoms in total. The first-order chi connectivity index (χ1) is 10.0. The van der Waals surface area contributed by atoms with E-state index < -0.39 is 0 Å². The Kier molecular flexibility index (Phi) is 4.90. The van der Waals surface area contributed by atoms with Crippen molar-refractivity contribution in [2.75, 3.05) is 25.2 Å². The summed E-state index contributed by atoms with van der Waals surface area (Å²) in [7, 11) is 1.61. The molecule has 0 fully saturated rings. The molecule has 0 spiro atoms. The summed E-state index contributed by atoms with van der Waals surface area (Å²) < 4.78 is 10.2. The number of methoxy groups -OCH3 is 1. The van der Waals surface area contributed by atoms with E-state index in [1.54, 1.807) is 13.2 Å². The molecule has 0 radical (unpaired) electrons. The minimum atomic E-state index is -0.315. The van der Waals surface area contributed by atoms with Crippen molar-refractivity contribution in [1.29, 1.82) is 0 Å². The van der Waals surface area contributed by atoms with Crippen LogP contribution in [0.15, 0.2) is 34.2 Å². The molecule has 0 amide bonds. The first-order valence-electron chi connectivity index (χ1n) is 6.50. The van der Waals surface area contributed by atoms with Gasteiger partial charge in [-0.2, -0.15) is 0 Å². The van der Waals surface area contributed by atoms with Crippen molar-refractivity contribution in [2.24, 2.45) is 0 Å². The molecule has 0 unspecified atom stereocenters. The molecular weight excluding hydrogens is 290 g/mol. The van der Waals surface area contributed by atoms with Crippen LogP contribution in [0.3, 0.4) is 0 Å². The number of nitrogens with zero attached hydrogens (tertiary/aromatic N) is 1. The minimum absolute atomic E-state index is 0.0187. The largest absolute Gasteiger partial charge is 0.497 e. The van der Waals surface area contributed by atoms with Crippen LogP contribution in [0.1, 0.15) is 13.8 Å². The summed E-state index contributed by atoms with van der Waals surface area (Å²) in [6.45, 7) is 3.65. The Hall–Kier alpha value is -1.95. The van der Waals surface area contributed by atoms with Crippen LogP contribution in [-0.2, 0) is 14.3 Å². The number of hydrogen-bond donors (Lipinski definition) is 0. The summed E-state index contributed by atoms with van der Waals surface area (Å²) in [5.41, 5.74) is 0.957. The smallest absolute Gasteiger partial charge is 0.302 e. The van der Waals surface area contributed by atoms with Gasteiger partial charge < -0.3 is 14.4 Å². The molecule has 6 heteroatoms. The highest BCUT2D eigenvalue weighted by Gasteiger charge is 2.26. The molecule has 2 rings (SSSR count). The maximum atomic E-state index is 11.4. The number of esters is 1. The van der Waals surface area contributed by atoms with Crippen LogP contribution in [-0.4, -0.2) is 32.0 Å². The molecule has 0 N–H and O–H groups in total. The van der Waals surface area contributed by atoms with E-state index in [4.69, 9.17) is 9.47 Å². The molecule has 1 aromatic carbocycles. The number of allylic oxidation sites excluding steroid dienone is 1. The zero-order chi connectivity index (χ0) is 15.4. The van der Waals surface area contributed by atoms with Gasteiger partial charge in [-0.3, -0.25) is 9.59 Å². The molecule has 1 aliphatic rings. The molecule has 1 heterocycles. The van der Waals surface area contributed by atoms with Gasteiger partial charge in [-0.15, -0.1) is 0 Å². The van der Waals surface area contributed by atoms with Crippen molar-refractivity contribution >= 4 is 29.2 Å². The predicted octanol–water partition coefficient (Wildman–Crippen LogP) is 2.60. The van der Waals surface area contributed by atoms with Crippen LogP contribution in [0.25, 0.3) is 0 Å². The molecule has 1 aromatic rings. The topological polar surface area (TPSA) is 55.8 Å². The summed E-state index contributed by atoms with van der Waals surface area (Å²) in [4.78, 5) is 25.3. The Morgan fingerprint density at radius 3 is 2.71 bits per heavy atom. The average Bonchev–Trinajstić information content (AvgIpc) is 2.74. The second kappa shape index (κ2) is 6.67. The number of ether oxygens (including phenoxy) is 2. The second-order valence-electron chi connectivity index (χ2n) is 4.52. The lowest BCUT2D eigenvalue weighted by Gasteiger charge is -2.20. The number of fused-ring (bicyclic) bond motifs is 1. The Labute approximate surface area is 127 Å². The number of benzene rings is 1. The summed E-state index contributed by atoms with van der Waals surface area (Å²) >= 11 is 1.52. The standard InChI is InChI=1S/C15H17NO4S/c1-10(17)8-15-16(6-7-20-11(2)18)13-9-12(19-3)4-5-14(13)21-15/h4-5,8-9H,6-7H2,1-3H3. The third-order valence-corrected chi connectivity index (χ3v) is 4.00. The quantitative estimate of drug-likeness (QED) is 0.615. The van der Waals surface area contributed by atoms with Gasteiger partial charge in [0.15, 0.2) is 5.78 Å². The van der Waals surface area contributed by atoms with Crippen LogP contribution in [0.5, 0.6) is 5.75 Å². The van der Waals surface area contributed by atoms with Crippen molar-refractivity contribution in [3.63, 3.8) is 0 Å². The van der Waals surface area contributed by atoms with Crippen LogP contribution in [0.4, 0.5) is 5.69 Å². The number of ketones is 1. The van der Waals surface area contributed by atoms with E-state index in [9.17, 15) is 9.59 Å². The fourth-order valence-electron chi connectivity index (χ4n) is 2.00. The molecule has 112 valence electrons. The van der Waals surface area contributed by atoms with Gasteiger partial charge in [-0.25, -0.2) is 0 Å². The monoisotopic (exact) mass is 307 g/mol. The SMILES string of the molecule is COc1ccc2c(c1)N(CCOC(C)=O)C(=CC(C)=O)S2.